The molecule has 0 saturated carbocycles. The van der Waals surface area contributed by atoms with Crippen LogP contribution >= 0.6 is 11.6 Å². The Morgan fingerprint density at radius 3 is 2.00 bits per heavy atom. The maximum absolute atomic E-state index is 5.46. The monoisotopic (exact) mass is 246 g/mol. The van der Waals surface area contributed by atoms with Crippen molar-refractivity contribution in [1.29, 1.82) is 0 Å². The molecule has 2 aromatic rings. The van der Waals surface area contributed by atoms with E-state index >= 15 is 0 Å². The molecule has 0 bridgehead atoms. The van der Waals surface area contributed by atoms with Crippen molar-refractivity contribution in [2.75, 3.05) is 0 Å². The molecule has 0 atom stereocenters. The predicted molar refractivity (Wildman–Crippen MR) is 59.2 cm³/mol. The molecule has 0 radical (unpaired) electrons. The van der Waals surface area contributed by atoms with E-state index in [1.807, 2.05) is 54.6 Å². The molecule has 0 aliphatic heterocycles. The Bertz CT molecular complexity index is 319. The van der Waals surface area contributed by atoms with Crippen molar-refractivity contribution >= 4 is 17.7 Å². The quantitative estimate of drug-likeness (QED) is 0.525. The van der Waals surface area contributed by atoms with Gasteiger partial charge in [0.1, 0.15) is 0 Å². The predicted octanol–water partition coefficient (Wildman–Crippen LogP) is 4.10. The zero-order valence-electron chi connectivity index (χ0n) is 7.63. The van der Waals surface area contributed by atoms with Crippen molar-refractivity contribution in [2.24, 2.45) is 0 Å². The minimum Gasteiger partial charge on any atom is -0.212 e. The van der Waals surface area contributed by atoms with Crippen LogP contribution in [0.1, 0.15) is 5.56 Å². The first-order chi connectivity index (χ1) is 6.33. The van der Waals surface area contributed by atoms with Crippen LogP contribution in [0.25, 0.3) is 6.08 Å². The Kier molecular flexibility index (Phi) is 7.23. The Morgan fingerprint density at radius 1 is 1.14 bits per heavy atom. The van der Waals surface area contributed by atoms with Crippen LogP contribution in [0.15, 0.2) is 55.1 Å². The second kappa shape index (κ2) is 7.63. The zero-order valence-corrected chi connectivity index (χ0v) is 9.49. The molecule has 2 heteroatoms. The Hall–Kier alpha value is -0.751. The molecular formula is C12H11ClFe. The molecule has 0 amide bonds. The third-order valence-corrected chi connectivity index (χ3v) is 1.80. The third-order valence-electron chi connectivity index (χ3n) is 1.55. The Labute approximate surface area is 100 Å². The molecular weight excluding hydrogens is 235 g/mol. The van der Waals surface area contributed by atoms with Crippen LogP contribution in [0, 0.1) is 0 Å². The van der Waals surface area contributed by atoms with E-state index in [0.29, 0.717) is 0 Å². The summed E-state index contributed by atoms with van der Waals surface area (Å²) < 4.78 is 0. The van der Waals surface area contributed by atoms with Crippen molar-refractivity contribution in [3.8, 4) is 0 Å². The number of hydrogen-bond donors (Lipinski definition) is 0. The molecule has 0 saturated heterocycles. The van der Waals surface area contributed by atoms with Gasteiger partial charge in [0.25, 0.3) is 0 Å². The average Bonchev–Trinajstić information content (AvgIpc) is 2.76. The summed E-state index contributed by atoms with van der Waals surface area (Å²) in [4.78, 5) is 0. The summed E-state index contributed by atoms with van der Waals surface area (Å²) in [6, 6.07) is 15.5. The average molecular weight is 247 g/mol. The van der Waals surface area contributed by atoms with Crippen molar-refractivity contribution in [3.63, 3.8) is 0 Å². The second-order valence-electron chi connectivity index (χ2n) is 2.53. The fourth-order valence-electron chi connectivity index (χ4n) is 0.875. The normalized spacial score (nSPS) is 8.07. The van der Waals surface area contributed by atoms with E-state index in [4.69, 9.17) is 11.6 Å². The van der Waals surface area contributed by atoms with Gasteiger partial charge in [-0.1, -0.05) is 5.02 Å². The summed E-state index contributed by atoms with van der Waals surface area (Å²) >= 11 is 5.46. The van der Waals surface area contributed by atoms with Crippen LogP contribution in [-0.2, 0) is 17.1 Å². The minimum absolute atomic E-state index is 0. The number of halogens is 1. The van der Waals surface area contributed by atoms with Crippen molar-refractivity contribution in [1.82, 2.24) is 0 Å². The van der Waals surface area contributed by atoms with E-state index in [1.54, 1.807) is 0 Å². The van der Waals surface area contributed by atoms with E-state index in [-0.39, 0.29) is 17.1 Å². The summed E-state index contributed by atoms with van der Waals surface area (Å²) in [5, 5.41) is 0.815. The first kappa shape index (κ1) is 13.2. The molecule has 0 heterocycles. The van der Waals surface area contributed by atoms with Gasteiger partial charge in [0.2, 0.25) is 0 Å². The third kappa shape index (κ3) is 5.08. The van der Waals surface area contributed by atoms with Gasteiger partial charge in [-0.05, 0) is 0 Å². The molecule has 0 N–H and O–H groups in total. The maximum Gasteiger partial charge on any atom is 2.00 e. The van der Waals surface area contributed by atoms with E-state index in [0.717, 1.165) is 5.02 Å². The zero-order chi connectivity index (χ0) is 9.52. The Balaban J connectivity index is 0.000000227. The fraction of sp³-hybridized carbons (Fsp3) is 0. The van der Waals surface area contributed by atoms with E-state index in [2.05, 4.69) is 6.58 Å². The molecule has 2 aromatic carbocycles. The van der Waals surface area contributed by atoms with Crippen molar-refractivity contribution in [2.45, 2.75) is 0 Å². The smallest absolute Gasteiger partial charge is 0.212 e. The van der Waals surface area contributed by atoms with Gasteiger partial charge in [-0.2, -0.15) is 42.0 Å². The van der Waals surface area contributed by atoms with Gasteiger partial charge >= 0.3 is 17.1 Å². The largest absolute Gasteiger partial charge is 2.00 e. The summed E-state index contributed by atoms with van der Waals surface area (Å²) in [5.41, 5.74) is 1.19. The van der Waals surface area contributed by atoms with E-state index in [1.165, 1.54) is 5.56 Å². The van der Waals surface area contributed by atoms with Crippen molar-refractivity contribution < 1.29 is 17.1 Å². The molecule has 14 heavy (non-hydrogen) atoms. The van der Waals surface area contributed by atoms with Crippen LogP contribution in [0.2, 0.25) is 5.02 Å². The standard InChI is InChI=1S/C7H7.C5H4Cl.Fe/c1-2-7-5-3-4-6-7;6-5-3-1-2-4-5;/h2-6H,1H2;1-4H;/q2*-1;+2. The maximum atomic E-state index is 5.46. The minimum atomic E-state index is 0. The van der Waals surface area contributed by atoms with Gasteiger partial charge in [-0.25, -0.2) is 6.07 Å². The van der Waals surface area contributed by atoms with Gasteiger partial charge in [-0.15, -0.1) is 30.3 Å². The van der Waals surface area contributed by atoms with Crippen molar-refractivity contribution in [3.05, 3.63) is 65.7 Å². The summed E-state index contributed by atoms with van der Waals surface area (Å²) in [5.74, 6) is 0. The topological polar surface area (TPSA) is 0 Å². The number of rotatable bonds is 1. The van der Waals surface area contributed by atoms with E-state index in [9.17, 15) is 0 Å². The molecule has 0 aromatic heterocycles. The van der Waals surface area contributed by atoms with Gasteiger partial charge < -0.3 is 0 Å². The molecule has 0 aliphatic rings. The molecule has 0 nitrogen and oxygen atoms in total. The molecule has 2 rings (SSSR count). The molecule has 0 unspecified atom stereocenters. The van der Waals surface area contributed by atoms with Crippen LogP contribution in [0.3, 0.4) is 0 Å². The Morgan fingerprint density at radius 2 is 1.79 bits per heavy atom. The molecule has 74 valence electrons. The second-order valence-corrected chi connectivity index (χ2v) is 2.96. The van der Waals surface area contributed by atoms with Gasteiger partial charge in [0.05, 0.1) is 0 Å². The molecule has 0 aliphatic carbocycles. The first-order valence-corrected chi connectivity index (χ1v) is 4.42. The molecule has 0 fully saturated rings. The van der Waals surface area contributed by atoms with Crippen LogP contribution in [0.4, 0.5) is 0 Å². The van der Waals surface area contributed by atoms with Gasteiger partial charge in [0, 0.05) is 0 Å². The molecule has 0 spiro atoms. The van der Waals surface area contributed by atoms with Gasteiger partial charge in [0.15, 0.2) is 0 Å². The van der Waals surface area contributed by atoms with Gasteiger partial charge in [-0.3, -0.25) is 0 Å². The van der Waals surface area contributed by atoms with E-state index < -0.39 is 0 Å². The summed E-state index contributed by atoms with van der Waals surface area (Å²) in [6.45, 7) is 3.60. The fourth-order valence-corrected chi connectivity index (χ4v) is 1.02. The first-order valence-electron chi connectivity index (χ1n) is 4.04. The summed E-state index contributed by atoms with van der Waals surface area (Å²) in [6.07, 6.45) is 1.83. The summed E-state index contributed by atoms with van der Waals surface area (Å²) in [7, 11) is 0. The van der Waals surface area contributed by atoms with Crippen LogP contribution in [-0.4, -0.2) is 0 Å². The van der Waals surface area contributed by atoms with Crippen LogP contribution < -0.4 is 0 Å². The number of hydrogen-bond acceptors (Lipinski definition) is 0. The SMILES string of the molecule is C=Cc1ccc[cH-]1.Clc1ccc[cH-]1.[Fe+2]. The van der Waals surface area contributed by atoms with Crippen LogP contribution in [0.5, 0.6) is 0 Å².